The summed E-state index contributed by atoms with van der Waals surface area (Å²) in [5, 5.41) is 2.12. The first kappa shape index (κ1) is 6.68. The van der Waals surface area contributed by atoms with Crippen molar-refractivity contribution in [1.82, 2.24) is 5.32 Å². The van der Waals surface area contributed by atoms with Crippen LogP contribution in [0.5, 0.6) is 0 Å². The highest BCUT2D eigenvalue weighted by atomic mass is 16.1. The Morgan fingerprint density at radius 1 is 1.62 bits per heavy atom. The number of nitrogens with two attached hydrogens (primary N) is 1. The maximum absolute atomic E-state index is 9.85. The average molecular weight is 114 g/mol. The quantitative estimate of drug-likeness (QED) is 0.354. The van der Waals surface area contributed by atoms with Gasteiger partial charge in [0.1, 0.15) is 0 Å². The van der Waals surface area contributed by atoms with Crippen molar-refractivity contribution in [2.75, 3.05) is 0 Å². The van der Waals surface area contributed by atoms with Crippen LogP contribution in [-0.4, -0.2) is 12.3 Å². The molecule has 0 aromatic rings. The average Bonchev–Trinajstić information content (AvgIpc) is 1.66. The van der Waals surface area contributed by atoms with Gasteiger partial charge < -0.3 is 11.1 Å². The minimum absolute atomic E-state index is 0.444. The van der Waals surface area contributed by atoms with Gasteiger partial charge in [0.05, 0.1) is 0 Å². The van der Waals surface area contributed by atoms with Crippen LogP contribution in [0.25, 0.3) is 0 Å². The van der Waals surface area contributed by atoms with Crippen LogP contribution >= 0.6 is 0 Å². The third kappa shape index (κ3) is 4.68. The van der Waals surface area contributed by atoms with Crippen molar-refractivity contribution in [3.63, 3.8) is 0 Å². The Balaban J connectivity index is 3.34. The molecule has 0 rings (SSSR count). The Kier molecular flexibility index (Phi) is 3.22. The van der Waals surface area contributed by atoms with Crippen LogP contribution in [0.3, 0.4) is 0 Å². The fraction of sp³-hybridized carbons (Fsp3) is 0. The number of carbonyl (C=O) groups excluding carboxylic acids is 2. The van der Waals surface area contributed by atoms with Gasteiger partial charge in [-0.05, 0) is 0 Å². The lowest BCUT2D eigenvalue weighted by atomic mass is 10.6. The second-order valence-corrected chi connectivity index (χ2v) is 1.02. The summed E-state index contributed by atoms with van der Waals surface area (Å²) in [5.41, 5.74) is 4.65. The van der Waals surface area contributed by atoms with Gasteiger partial charge in [0, 0.05) is 12.3 Å². The largest absolute Gasteiger partial charge is 0.366 e. The van der Waals surface area contributed by atoms with E-state index in [4.69, 9.17) is 0 Å². The SMILES string of the molecule is NC(=O)C=CNC=O. The smallest absolute Gasteiger partial charge is 0.242 e. The zero-order valence-electron chi connectivity index (χ0n) is 4.13. The summed E-state index contributed by atoms with van der Waals surface area (Å²) in [6.45, 7) is 0. The first-order chi connectivity index (χ1) is 3.77. The fourth-order valence-electron chi connectivity index (χ4n) is 0.170. The number of rotatable bonds is 3. The molecule has 0 saturated carbocycles. The number of nitrogens with one attached hydrogen (secondary N) is 1. The molecule has 0 saturated heterocycles. The Morgan fingerprint density at radius 3 is 2.62 bits per heavy atom. The van der Waals surface area contributed by atoms with Gasteiger partial charge >= 0.3 is 0 Å². The van der Waals surface area contributed by atoms with Gasteiger partial charge in [-0.1, -0.05) is 0 Å². The van der Waals surface area contributed by atoms with Crippen LogP contribution in [0.2, 0.25) is 0 Å². The number of primary amides is 1. The van der Waals surface area contributed by atoms with Crippen molar-refractivity contribution >= 4 is 12.3 Å². The number of hydrogen-bond acceptors (Lipinski definition) is 2. The first-order valence-electron chi connectivity index (χ1n) is 1.93. The Hall–Kier alpha value is -1.32. The molecular weight excluding hydrogens is 108 g/mol. The zero-order valence-corrected chi connectivity index (χ0v) is 4.13. The molecule has 0 aromatic heterocycles. The molecule has 0 unspecified atom stereocenters. The molecule has 0 aliphatic heterocycles. The van der Waals surface area contributed by atoms with Gasteiger partial charge in [0.25, 0.3) is 0 Å². The molecule has 0 aliphatic carbocycles. The van der Waals surface area contributed by atoms with Crippen molar-refractivity contribution in [2.45, 2.75) is 0 Å². The van der Waals surface area contributed by atoms with Crippen LogP contribution in [-0.2, 0) is 9.59 Å². The predicted octanol–water partition coefficient (Wildman–Crippen LogP) is -1.27. The van der Waals surface area contributed by atoms with E-state index < -0.39 is 5.91 Å². The zero-order chi connectivity index (χ0) is 6.41. The van der Waals surface area contributed by atoms with E-state index in [0.717, 1.165) is 12.3 Å². The summed E-state index contributed by atoms with van der Waals surface area (Å²) >= 11 is 0. The number of carbonyl (C=O) groups is 2. The Morgan fingerprint density at radius 2 is 2.25 bits per heavy atom. The molecule has 3 N–H and O–H groups in total. The molecule has 0 heterocycles. The van der Waals surface area contributed by atoms with Gasteiger partial charge in [-0.15, -0.1) is 0 Å². The molecule has 0 aliphatic rings. The van der Waals surface area contributed by atoms with Gasteiger partial charge in [0.2, 0.25) is 12.3 Å². The monoisotopic (exact) mass is 114 g/mol. The van der Waals surface area contributed by atoms with Gasteiger partial charge in [-0.3, -0.25) is 9.59 Å². The summed E-state index contributed by atoms with van der Waals surface area (Å²) in [5.74, 6) is -0.584. The summed E-state index contributed by atoms with van der Waals surface area (Å²) in [6, 6.07) is 0. The van der Waals surface area contributed by atoms with Crippen LogP contribution in [0.1, 0.15) is 0 Å². The van der Waals surface area contributed by atoms with Crippen molar-refractivity contribution in [2.24, 2.45) is 5.73 Å². The molecule has 0 bridgehead atoms. The van der Waals surface area contributed by atoms with Crippen LogP contribution < -0.4 is 11.1 Å². The Bertz CT molecular complexity index is 119. The highest BCUT2D eigenvalue weighted by molar-refractivity contribution is 5.85. The number of amides is 2. The molecule has 0 fully saturated rings. The molecule has 2 amide bonds. The second-order valence-electron chi connectivity index (χ2n) is 1.02. The van der Waals surface area contributed by atoms with Gasteiger partial charge in [-0.2, -0.15) is 0 Å². The van der Waals surface area contributed by atoms with Crippen LogP contribution in [0.4, 0.5) is 0 Å². The van der Waals surface area contributed by atoms with E-state index in [9.17, 15) is 9.59 Å². The van der Waals surface area contributed by atoms with E-state index in [2.05, 4.69) is 11.1 Å². The molecule has 8 heavy (non-hydrogen) atoms. The van der Waals surface area contributed by atoms with E-state index >= 15 is 0 Å². The topological polar surface area (TPSA) is 72.2 Å². The van der Waals surface area contributed by atoms with Crippen LogP contribution in [0.15, 0.2) is 12.3 Å². The molecule has 4 heteroatoms. The predicted molar refractivity (Wildman–Crippen MR) is 27.5 cm³/mol. The lowest BCUT2D eigenvalue weighted by molar-refractivity contribution is -0.113. The van der Waals surface area contributed by atoms with E-state index in [-0.39, 0.29) is 0 Å². The molecule has 0 spiro atoms. The third-order valence-corrected chi connectivity index (χ3v) is 0.412. The van der Waals surface area contributed by atoms with Gasteiger partial charge in [0.15, 0.2) is 0 Å². The molecule has 0 atom stereocenters. The van der Waals surface area contributed by atoms with Gasteiger partial charge in [-0.25, -0.2) is 0 Å². The highest BCUT2D eigenvalue weighted by Gasteiger charge is 1.77. The van der Waals surface area contributed by atoms with Crippen molar-refractivity contribution in [3.05, 3.63) is 12.3 Å². The molecule has 0 radical (unpaired) electrons. The minimum atomic E-state index is -0.584. The highest BCUT2D eigenvalue weighted by Crippen LogP contribution is 1.59. The van der Waals surface area contributed by atoms with E-state index in [1.807, 2.05) is 0 Å². The van der Waals surface area contributed by atoms with E-state index in [0.29, 0.717) is 6.41 Å². The summed E-state index contributed by atoms with van der Waals surface area (Å²) in [6.07, 6.45) is 2.66. The fourth-order valence-corrected chi connectivity index (χ4v) is 0.170. The van der Waals surface area contributed by atoms with E-state index in [1.165, 1.54) is 0 Å². The minimum Gasteiger partial charge on any atom is -0.366 e. The molecule has 44 valence electrons. The second kappa shape index (κ2) is 3.86. The van der Waals surface area contributed by atoms with Crippen molar-refractivity contribution < 1.29 is 9.59 Å². The van der Waals surface area contributed by atoms with Crippen LogP contribution in [0, 0.1) is 0 Å². The number of hydrogen-bond donors (Lipinski definition) is 2. The molecule has 0 aromatic carbocycles. The lowest BCUT2D eigenvalue weighted by Gasteiger charge is -1.79. The maximum atomic E-state index is 9.85. The van der Waals surface area contributed by atoms with Crippen molar-refractivity contribution in [1.29, 1.82) is 0 Å². The summed E-state index contributed by atoms with van der Waals surface area (Å²) < 4.78 is 0. The molecular formula is C4H6N2O2. The Labute approximate surface area is 46.4 Å². The maximum Gasteiger partial charge on any atom is 0.242 e. The normalized spacial score (nSPS) is 9.00. The third-order valence-electron chi connectivity index (χ3n) is 0.412. The summed E-state index contributed by atoms with van der Waals surface area (Å²) in [7, 11) is 0. The van der Waals surface area contributed by atoms with Crippen molar-refractivity contribution in [3.8, 4) is 0 Å². The lowest BCUT2D eigenvalue weighted by Crippen LogP contribution is -2.08. The summed E-state index contributed by atoms with van der Waals surface area (Å²) in [4.78, 5) is 19.3. The molecule has 4 nitrogen and oxygen atoms in total. The van der Waals surface area contributed by atoms with E-state index in [1.54, 1.807) is 0 Å². The first-order valence-corrected chi connectivity index (χ1v) is 1.93. The standard InChI is InChI=1S/C4H6N2O2/c5-4(8)1-2-6-3-7/h1-3H,(H2,5,8)(H,6,7).